The van der Waals surface area contributed by atoms with Crippen LogP contribution in [0, 0.1) is 18.6 Å². The molecule has 2 aromatic carbocycles. The molecule has 3 aromatic heterocycles. The van der Waals surface area contributed by atoms with Gasteiger partial charge in [0.05, 0.1) is 16.6 Å². The minimum atomic E-state index is -0.950. The van der Waals surface area contributed by atoms with Crippen molar-refractivity contribution in [2.45, 2.75) is 64.2 Å². The number of hydrogen-bond donors (Lipinski definition) is 1. The second-order valence-electron chi connectivity index (χ2n) is 14.0. The van der Waals surface area contributed by atoms with Crippen molar-refractivity contribution < 1.29 is 27.8 Å². The highest BCUT2D eigenvalue weighted by atomic mass is 19.1. The van der Waals surface area contributed by atoms with Crippen molar-refractivity contribution in [1.29, 1.82) is 0 Å². The summed E-state index contributed by atoms with van der Waals surface area (Å²) in [5.41, 5.74) is 0.711. The third kappa shape index (κ3) is 5.69. The Morgan fingerprint density at radius 2 is 1.96 bits per heavy atom. The quantitative estimate of drug-likeness (QED) is 0.227. The number of hydrogen-bond acceptors (Lipinski definition) is 9. The summed E-state index contributed by atoms with van der Waals surface area (Å²) in [5.74, 6) is -0.941. The Morgan fingerprint density at radius 3 is 2.73 bits per heavy atom. The molecule has 3 fully saturated rings. The van der Waals surface area contributed by atoms with Gasteiger partial charge in [0.15, 0.2) is 5.82 Å². The number of halogens is 3. The molecule has 0 saturated carbocycles. The van der Waals surface area contributed by atoms with Crippen molar-refractivity contribution in [2.24, 2.45) is 0 Å². The number of phenolic OH excluding ortho intramolecular Hbond substituents is 1. The number of pyridine rings is 1. The number of nitrogens with zero attached hydrogens (tertiary/aromatic N) is 8. The summed E-state index contributed by atoms with van der Waals surface area (Å²) in [6.07, 6.45) is 4.57. The monoisotopic (exact) mass is 700 g/mol. The largest absolute Gasteiger partial charge is 0.508 e. The lowest BCUT2D eigenvalue weighted by Gasteiger charge is -2.40. The Hall–Kier alpha value is -4.98. The van der Waals surface area contributed by atoms with E-state index in [9.17, 15) is 14.3 Å². The number of benzene rings is 2. The van der Waals surface area contributed by atoms with Gasteiger partial charge in [-0.15, -0.1) is 0 Å². The van der Waals surface area contributed by atoms with E-state index in [4.69, 9.17) is 9.72 Å². The standard InChI is InChI=1S/C37H39F3N8O3/c1-4-26-29(39)7-6-23-14-25(49)15-27(30(23)26)32-31(40)33-28(17-41-32)34(43-35(42-33)51-20-37-9-5-10-46(37)19-24(38)16-37)45-12-13-47(22(3)18-45)36(50)48-11-8-21(2)44-48/h6-8,11,14-15,17,22,24,49H,4-5,9-10,12-13,16,18-20H2,1-3H3/t22?,24-,37+/m1/s1. The molecular weight excluding hydrogens is 661 g/mol. The predicted molar refractivity (Wildman–Crippen MR) is 186 cm³/mol. The molecule has 11 nitrogen and oxygen atoms in total. The zero-order valence-corrected chi connectivity index (χ0v) is 28.7. The number of rotatable bonds is 6. The predicted octanol–water partition coefficient (Wildman–Crippen LogP) is 6.03. The fraction of sp³-hybridized carbons (Fsp3) is 0.432. The second kappa shape index (κ2) is 12.7. The zero-order valence-electron chi connectivity index (χ0n) is 28.7. The molecule has 0 spiro atoms. The van der Waals surface area contributed by atoms with E-state index >= 15 is 8.78 Å². The number of aromatic nitrogens is 5. The highest BCUT2D eigenvalue weighted by Crippen LogP contribution is 2.42. The van der Waals surface area contributed by atoms with Gasteiger partial charge in [-0.3, -0.25) is 9.88 Å². The molecule has 6 heterocycles. The highest BCUT2D eigenvalue weighted by Gasteiger charge is 2.49. The van der Waals surface area contributed by atoms with E-state index in [1.807, 2.05) is 25.7 Å². The minimum absolute atomic E-state index is 0.0558. The van der Waals surface area contributed by atoms with Gasteiger partial charge in [-0.2, -0.15) is 19.7 Å². The lowest BCUT2D eigenvalue weighted by atomic mass is 9.94. The van der Waals surface area contributed by atoms with Gasteiger partial charge in [0.2, 0.25) is 0 Å². The van der Waals surface area contributed by atoms with Gasteiger partial charge in [0.25, 0.3) is 0 Å². The fourth-order valence-corrected chi connectivity index (χ4v) is 8.28. The number of ether oxygens (including phenoxy) is 1. The maximum Gasteiger partial charge on any atom is 0.345 e. The lowest BCUT2D eigenvalue weighted by Crippen LogP contribution is -2.55. The molecular formula is C37H39F3N8O3. The molecule has 3 atom stereocenters. The third-order valence-corrected chi connectivity index (χ3v) is 10.7. The van der Waals surface area contributed by atoms with E-state index in [1.54, 1.807) is 23.2 Å². The van der Waals surface area contributed by atoms with Crippen LogP contribution in [0.15, 0.2) is 42.7 Å². The number of aromatic hydroxyl groups is 1. The van der Waals surface area contributed by atoms with E-state index in [2.05, 4.69) is 20.0 Å². The Balaban J connectivity index is 1.21. The molecule has 1 unspecified atom stereocenters. The van der Waals surface area contributed by atoms with Gasteiger partial charge >= 0.3 is 12.0 Å². The Labute approximate surface area is 292 Å². The maximum absolute atomic E-state index is 17.0. The highest BCUT2D eigenvalue weighted by molar-refractivity contribution is 6.01. The van der Waals surface area contributed by atoms with Crippen molar-refractivity contribution >= 4 is 33.5 Å². The van der Waals surface area contributed by atoms with E-state index in [0.717, 1.165) is 25.1 Å². The molecule has 1 amide bonds. The first-order valence-corrected chi connectivity index (χ1v) is 17.5. The molecule has 1 N–H and O–H groups in total. The molecule has 51 heavy (non-hydrogen) atoms. The van der Waals surface area contributed by atoms with Crippen LogP contribution in [-0.2, 0) is 6.42 Å². The topological polar surface area (TPSA) is 113 Å². The van der Waals surface area contributed by atoms with Crippen molar-refractivity contribution in [3.05, 3.63) is 65.6 Å². The molecule has 8 rings (SSSR count). The van der Waals surface area contributed by atoms with Gasteiger partial charge < -0.3 is 19.6 Å². The zero-order chi connectivity index (χ0) is 35.6. The van der Waals surface area contributed by atoms with Gasteiger partial charge in [-0.1, -0.05) is 13.0 Å². The first-order valence-electron chi connectivity index (χ1n) is 17.5. The molecule has 0 bridgehead atoms. The Bertz CT molecular complexity index is 2180. The van der Waals surface area contributed by atoms with Crippen molar-refractivity contribution in [1.82, 2.24) is 34.5 Å². The Morgan fingerprint density at radius 1 is 1.12 bits per heavy atom. The average molecular weight is 701 g/mol. The van der Waals surface area contributed by atoms with Crippen LogP contribution in [0.25, 0.3) is 32.9 Å². The molecule has 5 aromatic rings. The van der Waals surface area contributed by atoms with Crippen LogP contribution >= 0.6 is 0 Å². The number of phenols is 1. The van der Waals surface area contributed by atoms with Crippen molar-refractivity contribution in [3.63, 3.8) is 0 Å². The summed E-state index contributed by atoms with van der Waals surface area (Å²) in [6.45, 7) is 7.95. The summed E-state index contributed by atoms with van der Waals surface area (Å²) < 4.78 is 54.2. The minimum Gasteiger partial charge on any atom is -0.508 e. The van der Waals surface area contributed by atoms with E-state index in [0.29, 0.717) is 66.6 Å². The van der Waals surface area contributed by atoms with E-state index < -0.39 is 23.3 Å². The molecule has 0 aliphatic carbocycles. The first kappa shape index (κ1) is 33.2. The maximum atomic E-state index is 17.0. The Kier molecular flexibility index (Phi) is 8.23. The number of piperazine rings is 1. The second-order valence-corrected chi connectivity index (χ2v) is 14.0. The number of carbonyl (C=O) groups is 1. The van der Waals surface area contributed by atoms with Crippen LogP contribution in [-0.4, -0.2) is 103 Å². The first-order chi connectivity index (χ1) is 24.5. The summed E-state index contributed by atoms with van der Waals surface area (Å²) in [7, 11) is 0. The SMILES string of the molecule is CCc1c(F)ccc2cc(O)cc(-c3ncc4c(N5CCN(C(=O)n6ccc(C)n6)C(C)C5)nc(OC[C@@]56CCCN5C[C@H](F)C6)nc4c3F)c12. The van der Waals surface area contributed by atoms with E-state index in [1.165, 1.54) is 29.1 Å². The molecule has 3 aliphatic rings. The molecule has 3 aliphatic heterocycles. The molecule has 0 radical (unpaired) electrons. The average Bonchev–Trinajstić information content (AvgIpc) is 3.80. The number of aryl methyl sites for hydroxylation is 2. The van der Waals surface area contributed by atoms with Crippen molar-refractivity contribution in [3.8, 4) is 23.0 Å². The van der Waals surface area contributed by atoms with Crippen LogP contribution in [0.2, 0.25) is 0 Å². The van der Waals surface area contributed by atoms with Crippen LogP contribution in [0.1, 0.15) is 44.4 Å². The number of amides is 1. The van der Waals surface area contributed by atoms with Gasteiger partial charge in [0.1, 0.15) is 41.4 Å². The van der Waals surface area contributed by atoms with Crippen LogP contribution in [0.3, 0.4) is 0 Å². The molecule has 266 valence electrons. The van der Waals surface area contributed by atoms with Gasteiger partial charge in [-0.25, -0.2) is 18.0 Å². The summed E-state index contributed by atoms with van der Waals surface area (Å²) >= 11 is 0. The fourth-order valence-electron chi connectivity index (χ4n) is 8.28. The van der Waals surface area contributed by atoms with Gasteiger partial charge in [0, 0.05) is 56.6 Å². The number of fused-ring (bicyclic) bond motifs is 3. The number of carbonyl (C=O) groups excluding carboxylic acids is 1. The number of anilines is 1. The van der Waals surface area contributed by atoms with Crippen LogP contribution < -0.4 is 9.64 Å². The van der Waals surface area contributed by atoms with Crippen molar-refractivity contribution in [2.75, 3.05) is 44.2 Å². The summed E-state index contributed by atoms with van der Waals surface area (Å²) in [4.78, 5) is 33.0. The normalized spacial score (nSPS) is 22.3. The molecule has 3 saturated heterocycles. The van der Waals surface area contributed by atoms with E-state index in [-0.39, 0.29) is 47.2 Å². The smallest absolute Gasteiger partial charge is 0.345 e. The third-order valence-electron chi connectivity index (χ3n) is 10.7. The van der Waals surface area contributed by atoms with Crippen LogP contribution in [0.4, 0.5) is 23.8 Å². The number of alkyl halides is 1. The van der Waals surface area contributed by atoms with Gasteiger partial charge in [-0.05, 0) is 80.3 Å². The summed E-state index contributed by atoms with van der Waals surface area (Å²) in [6, 6.07) is 7.00. The van der Waals surface area contributed by atoms with Crippen LogP contribution in [0.5, 0.6) is 11.8 Å². The summed E-state index contributed by atoms with van der Waals surface area (Å²) in [5, 5.41) is 16.2. The molecule has 14 heteroatoms. The lowest BCUT2D eigenvalue weighted by molar-refractivity contribution is 0.107.